The van der Waals surface area contributed by atoms with Crippen LogP contribution in [-0.4, -0.2) is 20.3 Å². The van der Waals surface area contributed by atoms with Gasteiger partial charge < -0.3 is 0 Å². The van der Waals surface area contributed by atoms with Gasteiger partial charge in [-0.1, -0.05) is 0 Å². The fourth-order valence-corrected chi connectivity index (χ4v) is 2.24. The molecule has 0 N–H and O–H groups in total. The summed E-state index contributed by atoms with van der Waals surface area (Å²) in [6.07, 6.45) is 1.68. The van der Waals surface area contributed by atoms with E-state index in [1.54, 1.807) is 0 Å². The van der Waals surface area contributed by atoms with Crippen molar-refractivity contribution in [2.75, 3.05) is 0 Å². The van der Waals surface area contributed by atoms with Crippen LogP contribution >= 0.6 is 0 Å². The van der Waals surface area contributed by atoms with Crippen LogP contribution < -0.4 is 0 Å². The molecule has 0 aliphatic heterocycles. The van der Waals surface area contributed by atoms with Gasteiger partial charge in [-0.2, -0.15) is 0 Å². The van der Waals surface area contributed by atoms with Crippen molar-refractivity contribution in [3.05, 3.63) is 21.5 Å². The van der Waals surface area contributed by atoms with Crippen molar-refractivity contribution >= 4 is 20.3 Å². The number of hydrogen-bond acceptors (Lipinski definition) is 1. The Kier molecular flexibility index (Phi) is 2.91. The molecule has 0 aromatic carbocycles. The molecule has 0 saturated carbocycles. The second-order valence-corrected chi connectivity index (χ2v) is 4.14. The summed E-state index contributed by atoms with van der Waals surface area (Å²) < 4.78 is 1.04. The van der Waals surface area contributed by atoms with E-state index in [1.165, 1.54) is 0 Å². The molecule has 0 fully saturated rings. The molecule has 1 aromatic heterocycles. The van der Waals surface area contributed by atoms with Crippen LogP contribution in [-0.2, 0) is 0 Å². The quantitative estimate of drug-likeness (QED) is 0.537. The Balaban J connectivity index is 2.59. The standard InChI is InChI=1S/C8H10OSe/c1-2-4-7(9)8-5-3-6-10-8/h3,5-6H,2,4H2,1H3. The first-order chi connectivity index (χ1) is 4.84. The Morgan fingerprint density at radius 2 is 2.50 bits per heavy atom. The molecule has 0 atom stereocenters. The van der Waals surface area contributed by atoms with Gasteiger partial charge in [0.05, 0.1) is 0 Å². The van der Waals surface area contributed by atoms with Crippen LogP contribution in [0, 0.1) is 0 Å². The second-order valence-electron chi connectivity index (χ2n) is 2.15. The van der Waals surface area contributed by atoms with Crippen molar-refractivity contribution in [2.24, 2.45) is 0 Å². The first-order valence-electron chi connectivity index (χ1n) is 3.41. The first kappa shape index (κ1) is 7.77. The van der Waals surface area contributed by atoms with Crippen molar-refractivity contribution in [1.29, 1.82) is 0 Å². The minimum atomic E-state index is 0.340. The molecule has 0 aliphatic rings. The normalized spacial score (nSPS) is 9.70. The molecule has 0 bridgehead atoms. The molecule has 10 heavy (non-hydrogen) atoms. The zero-order chi connectivity index (χ0) is 7.40. The molecule has 0 radical (unpaired) electrons. The van der Waals surface area contributed by atoms with Crippen LogP contribution in [0.15, 0.2) is 17.1 Å². The Morgan fingerprint density at radius 3 is 3.00 bits per heavy atom. The fraction of sp³-hybridized carbons (Fsp3) is 0.375. The van der Waals surface area contributed by atoms with Gasteiger partial charge in [-0.25, -0.2) is 0 Å². The van der Waals surface area contributed by atoms with Crippen molar-refractivity contribution in [3.8, 4) is 0 Å². The van der Waals surface area contributed by atoms with Gasteiger partial charge in [0.15, 0.2) is 0 Å². The molecule has 1 heterocycles. The van der Waals surface area contributed by atoms with E-state index in [9.17, 15) is 4.79 Å². The van der Waals surface area contributed by atoms with Crippen molar-refractivity contribution in [1.82, 2.24) is 0 Å². The Bertz CT molecular complexity index is 201. The second kappa shape index (κ2) is 3.74. The number of ketones is 1. The predicted octanol–water partition coefficient (Wildman–Crippen LogP) is 1.73. The minimum absolute atomic E-state index is 0.340. The Hall–Kier alpha value is -0.331. The van der Waals surface area contributed by atoms with E-state index in [1.807, 2.05) is 19.1 Å². The maximum absolute atomic E-state index is 11.2. The summed E-state index contributed by atoms with van der Waals surface area (Å²) in [6.45, 7) is 2.04. The SMILES string of the molecule is CCCC(=O)c1ccc[se]1. The average Bonchev–Trinajstić information content (AvgIpc) is 2.38. The number of carbonyl (C=O) groups excluding carboxylic acids is 1. The molecule has 0 amide bonds. The average molecular weight is 201 g/mol. The molecule has 2 heteroatoms. The summed E-state index contributed by atoms with van der Waals surface area (Å²) in [5.41, 5.74) is 0. The van der Waals surface area contributed by atoms with Crippen LogP contribution in [0.5, 0.6) is 0 Å². The predicted molar refractivity (Wildman–Crippen MR) is 42.6 cm³/mol. The Labute approximate surface area is 66.8 Å². The van der Waals surface area contributed by atoms with Gasteiger partial charge in [-0.05, 0) is 0 Å². The summed E-state index contributed by atoms with van der Waals surface area (Å²) in [7, 11) is 0. The van der Waals surface area contributed by atoms with E-state index in [4.69, 9.17) is 0 Å². The number of Topliss-reactive ketones (excluding diaryl/α,β-unsaturated/α-hetero) is 1. The van der Waals surface area contributed by atoms with Crippen LogP contribution in [0.4, 0.5) is 0 Å². The number of carbonyl (C=O) groups is 1. The molecule has 1 nitrogen and oxygen atoms in total. The maximum atomic E-state index is 11.2. The van der Waals surface area contributed by atoms with Gasteiger partial charge in [0.2, 0.25) is 0 Å². The Morgan fingerprint density at radius 1 is 1.70 bits per heavy atom. The van der Waals surface area contributed by atoms with Crippen molar-refractivity contribution in [3.63, 3.8) is 0 Å². The molecule has 0 aliphatic carbocycles. The fourth-order valence-electron chi connectivity index (χ4n) is 0.787. The van der Waals surface area contributed by atoms with Gasteiger partial charge in [0, 0.05) is 0 Å². The molecule has 54 valence electrons. The van der Waals surface area contributed by atoms with Gasteiger partial charge in [-0.15, -0.1) is 0 Å². The van der Waals surface area contributed by atoms with Gasteiger partial charge in [0.25, 0.3) is 0 Å². The summed E-state index contributed by atoms with van der Waals surface area (Å²) in [5.74, 6) is 0.340. The summed E-state index contributed by atoms with van der Waals surface area (Å²) in [5, 5.41) is 0. The van der Waals surface area contributed by atoms with E-state index >= 15 is 0 Å². The summed E-state index contributed by atoms with van der Waals surface area (Å²) in [4.78, 5) is 13.2. The van der Waals surface area contributed by atoms with Crippen LogP contribution in [0.3, 0.4) is 0 Å². The van der Waals surface area contributed by atoms with Gasteiger partial charge >= 0.3 is 66.4 Å². The first-order valence-corrected chi connectivity index (χ1v) is 5.26. The number of rotatable bonds is 3. The molecule has 0 unspecified atom stereocenters. The van der Waals surface area contributed by atoms with Crippen LogP contribution in [0.1, 0.15) is 29.0 Å². The molecule has 0 spiro atoms. The third kappa shape index (κ3) is 1.83. The van der Waals surface area contributed by atoms with E-state index in [0.717, 1.165) is 17.3 Å². The van der Waals surface area contributed by atoms with E-state index < -0.39 is 0 Å². The van der Waals surface area contributed by atoms with E-state index in [-0.39, 0.29) is 0 Å². The zero-order valence-corrected chi connectivity index (χ0v) is 7.68. The monoisotopic (exact) mass is 202 g/mol. The summed E-state index contributed by atoms with van der Waals surface area (Å²) in [6, 6.07) is 3.92. The molecule has 1 rings (SSSR count). The van der Waals surface area contributed by atoms with E-state index in [0.29, 0.717) is 20.3 Å². The third-order valence-electron chi connectivity index (χ3n) is 1.27. The molecule has 1 aromatic rings. The summed E-state index contributed by atoms with van der Waals surface area (Å²) >= 11 is 0.340. The van der Waals surface area contributed by atoms with Crippen molar-refractivity contribution < 1.29 is 4.79 Å². The van der Waals surface area contributed by atoms with Crippen LogP contribution in [0.2, 0.25) is 0 Å². The molecular weight excluding hydrogens is 191 g/mol. The van der Waals surface area contributed by atoms with Gasteiger partial charge in [-0.3, -0.25) is 0 Å². The third-order valence-corrected chi connectivity index (χ3v) is 3.18. The topological polar surface area (TPSA) is 17.1 Å². The van der Waals surface area contributed by atoms with E-state index in [2.05, 4.69) is 4.94 Å². The molecule has 0 saturated heterocycles. The zero-order valence-electron chi connectivity index (χ0n) is 5.96. The van der Waals surface area contributed by atoms with Crippen molar-refractivity contribution in [2.45, 2.75) is 19.8 Å². The van der Waals surface area contributed by atoms with Gasteiger partial charge in [0.1, 0.15) is 0 Å². The number of hydrogen-bond donors (Lipinski definition) is 0. The van der Waals surface area contributed by atoms with Crippen LogP contribution in [0.25, 0.3) is 0 Å². The molecular formula is C8H10OSe.